The Morgan fingerprint density at radius 3 is 2.60 bits per heavy atom. The first kappa shape index (κ1) is 12.2. The monoisotopic (exact) mass is 212 g/mol. The van der Waals surface area contributed by atoms with E-state index in [9.17, 15) is 9.59 Å². The molecule has 3 nitrogen and oxygen atoms in total. The fourth-order valence-corrected chi connectivity index (χ4v) is 2.43. The van der Waals surface area contributed by atoms with Gasteiger partial charge in [0.05, 0.1) is 0 Å². The third-order valence-corrected chi connectivity index (χ3v) is 3.33. The quantitative estimate of drug-likeness (QED) is 0.409. The van der Waals surface area contributed by atoms with Crippen LogP contribution in [0.1, 0.15) is 40.0 Å². The number of carbonyl (C=O) groups excluding carboxylic acids is 2. The molecule has 1 rings (SSSR count). The molecule has 0 heterocycles. The van der Waals surface area contributed by atoms with Gasteiger partial charge >= 0.3 is 5.97 Å². The van der Waals surface area contributed by atoms with Gasteiger partial charge in [-0.15, -0.1) is 0 Å². The van der Waals surface area contributed by atoms with Gasteiger partial charge in [0.25, 0.3) is 0 Å². The van der Waals surface area contributed by atoms with Gasteiger partial charge in [-0.25, -0.2) is 4.79 Å². The first-order valence-corrected chi connectivity index (χ1v) is 5.70. The molecule has 0 aromatic rings. The third-order valence-electron chi connectivity index (χ3n) is 3.33. The predicted molar refractivity (Wildman–Crippen MR) is 57.3 cm³/mol. The van der Waals surface area contributed by atoms with Crippen LogP contribution < -0.4 is 0 Å². The van der Waals surface area contributed by atoms with Crippen molar-refractivity contribution in [2.75, 3.05) is 0 Å². The SMILES string of the molecule is CC(C)[C@H]1CC[C@H](C)C[C@@H]1OC(=O)C=O. The lowest BCUT2D eigenvalue weighted by Crippen LogP contribution is -2.36. The van der Waals surface area contributed by atoms with Crippen LogP contribution in [0.5, 0.6) is 0 Å². The second kappa shape index (κ2) is 5.29. The zero-order valence-electron chi connectivity index (χ0n) is 9.73. The Bertz CT molecular complexity index is 235. The van der Waals surface area contributed by atoms with E-state index in [-0.39, 0.29) is 12.4 Å². The fraction of sp³-hybridized carbons (Fsp3) is 0.833. The highest BCUT2D eigenvalue weighted by atomic mass is 16.5. The highest BCUT2D eigenvalue weighted by molar-refractivity contribution is 6.20. The van der Waals surface area contributed by atoms with Gasteiger partial charge < -0.3 is 4.74 Å². The molecule has 0 amide bonds. The first-order chi connectivity index (χ1) is 7.04. The molecule has 15 heavy (non-hydrogen) atoms. The molecule has 0 unspecified atom stereocenters. The van der Waals surface area contributed by atoms with Crippen molar-refractivity contribution in [2.24, 2.45) is 17.8 Å². The zero-order valence-corrected chi connectivity index (χ0v) is 9.73. The molecular weight excluding hydrogens is 192 g/mol. The second-order valence-electron chi connectivity index (χ2n) is 4.92. The van der Waals surface area contributed by atoms with Gasteiger partial charge in [-0.3, -0.25) is 4.79 Å². The summed E-state index contributed by atoms with van der Waals surface area (Å²) in [5.74, 6) is 0.774. The van der Waals surface area contributed by atoms with Crippen molar-refractivity contribution in [3.63, 3.8) is 0 Å². The topological polar surface area (TPSA) is 43.4 Å². The Morgan fingerprint density at radius 2 is 2.07 bits per heavy atom. The maximum absolute atomic E-state index is 11.0. The van der Waals surface area contributed by atoms with Crippen molar-refractivity contribution in [1.82, 2.24) is 0 Å². The largest absolute Gasteiger partial charge is 0.457 e. The highest BCUT2D eigenvalue weighted by Gasteiger charge is 2.33. The number of hydrogen-bond donors (Lipinski definition) is 0. The van der Waals surface area contributed by atoms with E-state index in [1.54, 1.807) is 0 Å². The average molecular weight is 212 g/mol. The van der Waals surface area contributed by atoms with E-state index in [1.807, 2.05) is 0 Å². The van der Waals surface area contributed by atoms with Crippen LogP contribution in [0.2, 0.25) is 0 Å². The Labute approximate surface area is 91.2 Å². The fourth-order valence-electron chi connectivity index (χ4n) is 2.43. The number of esters is 1. The summed E-state index contributed by atoms with van der Waals surface area (Å²) >= 11 is 0. The molecule has 0 aromatic heterocycles. The Hall–Kier alpha value is -0.860. The van der Waals surface area contributed by atoms with Gasteiger partial charge in [-0.1, -0.05) is 27.2 Å². The van der Waals surface area contributed by atoms with Crippen LogP contribution in [-0.2, 0) is 14.3 Å². The van der Waals surface area contributed by atoms with Gasteiger partial charge in [0.2, 0.25) is 6.29 Å². The lowest BCUT2D eigenvalue weighted by atomic mass is 9.75. The molecule has 0 spiro atoms. The molecule has 0 aromatic carbocycles. The molecule has 3 atom stereocenters. The molecule has 1 fully saturated rings. The highest BCUT2D eigenvalue weighted by Crippen LogP contribution is 2.35. The molecule has 0 N–H and O–H groups in total. The predicted octanol–water partition coefficient (Wildman–Crippen LogP) is 2.19. The van der Waals surface area contributed by atoms with Crippen molar-refractivity contribution in [2.45, 2.75) is 46.1 Å². The summed E-state index contributed by atoms with van der Waals surface area (Å²) in [7, 11) is 0. The third kappa shape index (κ3) is 3.33. The molecule has 86 valence electrons. The van der Waals surface area contributed by atoms with E-state index >= 15 is 0 Å². The zero-order chi connectivity index (χ0) is 11.4. The summed E-state index contributed by atoms with van der Waals surface area (Å²) < 4.78 is 5.18. The molecule has 0 bridgehead atoms. The molecular formula is C12H20O3. The van der Waals surface area contributed by atoms with Gasteiger partial charge in [0.15, 0.2) is 0 Å². The minimum absolute atomic E-state index is 0.0635. The van der Waals surface area contributed by atoms with Crippen LogP contribution in [-0.4, -0.2) is 18.4 Å². The Morgan fingerprint density at radius 1 is 1.40 bits per heavy atom. The van der Waals surface area contributed by atoms with Crippen LogP contribution in [0, 0.1) is 17.8 Å². The summed E-state index contributed by atoms with van der Waals surface area (Å²) in [4.78, 5) is 21.2. The molecule has 1 aliphatic rings. The Balaban J connectivity index is 2.61. The van der Waals surface area contributed by atoms with Gasteiger partial charge in [0, 0.05) is 0 Å². The van der Waals surface area contributed by atoms with E-state index in [4.69, 9.17) is 4.74 Å². The number of rotatable bonds is 3. The van der Waals surface area contributed by atoms with Crippen LogP contribution in [0.25, 0.3) is 0 Å². The van der Waals surface area contributed by atoms with E-state index < -0.39 is 5.97 Å². The van der Waals surface area contributed by atoms with Crippen LogP contribution in [0.4, 0.5) is 0 Å². The smallest absolute Gasteiger partial charge is 0.371 e. The van der Waals surface area contributed by atoms with Crippen molar-refractivity contribution in [3.05, 3.63) is 0 Å². The Kier molecular flexibility index (Phi) is 4.30. The number of aldehydes is 1. The van der Waals surface area contributed by atoms with Crippen LogP contribution in [0.15, 0.2) is 0 Å². The van der Waals surface area contributed by atoms with Crippen molar-refractivity contribution in [1.29, 1.82) is 0 Å². The molecule has 1 aliphatic carbocycles. The van der Waals surface area contributed by atoms with Crippen LogP contribution >= 0.6 is 0 Å². The van der Waals surface area contributed by atoms with E-state index in [0.29, 0.717) is 17.8 Å². The molecule has 0 radical (unpaired) electrons. The van der Waals surface area contributed by atoms with Crippen LogP contribution in [0.3, 0.4) is 0 Å². The minimum Gasteiger partial charge on any atom is -0.457 e. The summed E-state index contributed by atoms with van der Waals surface area (Å²) in [5, 5.41) is 0. The van der Waals surface area contributed by atoms with E-state index in [0.717, 1.165) is 12.8 Å². The lowest BCUT2D eigenvalue weighted by molar-refractivity contribution is -0.158. The number of carbonyl (C=O) groups is 2. The molecule has 0 saturated heterocycles. The summed E-state index contributed by atoms with van der Waals surface area (Å²) in [5.41, 5.74) is 0. The van der Waals surface area contributed by atoms with Gasteiger partial charge in [-0.2, -0.15) is 0 Å². The number of ether oxygens (including phenoxy) is 1. The average Bonchev–Trinajstić information content (AvgIpc) is 2.17. The summed E-state index contributed by atoms with van der Waals surface area (Å²) in [6.45, 7) is 6.45. The van der Waals surface area contributed by atoms with Crippen molar-refractivity contribution < 1.29 is 14.3 Å². The maximum Gasteiger partial charge on any atom is 0.371 e. The normalized spacial score (nSPS) is 31.3. The number of hydrogen-bond acceptors (Lipinski definition) is 3. The van der Waals surface area contributed by atoms with E-state index in [2.05, 4.69) is 20.8 Å². The first-order valence-electron chi connectivity index (χ1n) is 5.70. The maximum atomic E-state index is 11.0. The van der Waals surface area contributed by atoms with Crippen molar-refractivity contribution >= 4 is 12.3 Å². The lowest BCUT2D eigenvalue weighted by Gasteiger charge is -2.36. The molecule has 3 heteroatoms. The minimum atomic E-state index is -0.722. The van der Waals surface area contributed by atoms with Gasteiger partial charge in [0.1, 0.15) is 6.10 Å². The van der Waals surface area contributed by atoms with Crippen molar-refractivity contribution in [3.8, 4) is 0 Å². The van der Waals surface area contributed by atoms with E-state index in [1.165, 1.54) is 6.42 Å². The standard InChI is InChI=1S/C12H20O3/c1-8(2)10-5-4-9(3)6-11(10)15-12(14)7-13/h7-11H,4-6H2,1-3H3/t9-,10+,11-/m0/s1. The van der Waals surface area contributed by atoms with Gasteiger partial charge in [-0.05, 0) is 30.6 Å². The second-order valence-corrected chi connectivity index (χ2v) is 4.92. The molecule has 1 saturated carbocycles. The summed E-state index contributed by atoms with van der Waals surface area (Å²) in [6.07, 6.45) is 3.37. The summed E-state index contributed by atoms with van der Waals surface area (Å²) in [6, 6.07) is 0. The molecule has 0 aliphatic heterocycles.